The Kier molecular flexibility index (Phi) is 13.2. The van der Waals surface area contributed by atoms with E-state index in [9.17, 15) is 0 Å². The molecule has 10 heavy (non-hydrogen) atoms. The van der Waals surface area contributed by atoms with E-state index >= 15 is 0 Å². The Morgan fingerprint density at radius 2 is 2.30 bits per heavy atom. The molecule has 0 aliphatic rings. The average Bonchev–Trinajstić information content (AvgIpc) is 1.80. The van der Waals surface area contributed by atoms with Gasteiger partial charge in [-0.3, -0.25) is 0 Å². The molecule has 0 aromatic rings. The summed E-state index contributed by atoms with van der Waals surface area (Å²) in [7, 11) is 1.68. The molecule has 0 saturated heterocycles. The van der Waals surface area contributed by atoms with Gasteiger partial charge in [0, 0.05) is 39.7 Å². The standard InChI is InChI=1S/C5H11NOS2.Zn/c1-7-4-2-3-6-5(8)9;/h2-4H2,1H3,(H2,6,8,9);. The molecular weight excluding hydrogens is 220 g/mol. The molecule has 0 rings (SSSR count). The Morgan fingerprint density at radius 1 is 1.70 bits per heavy atom. The Hall–Kier alpha value is 0.823. The summed E-state index contributed by atoms with van der Waals surface area (Å²) in [6.45, 7) is 1.61. The molecule has 0 saturated carbocycles. The van der Waals surface area contributed by atoms with E-state index < -0.39 is 0 Å². The zero-order valence-corrected chi connectivity index (χ0v) is 10.8. The minimum Gasteiger partial charge on any atom is -0.385 e. The molecule has 0 aromatic carbocycles. The molecule has 5 heteroatoms. The van der Waals surface area contributed by atoms with Crippen LogP contribution in [0.2, 0.25) is 0 Å². The van der Waals surface area contributed by atoms with Crippen LogP contribution in [-0.2, 0) is 24.2 Å². The zero-order chi connectivity index (χ0) is 7.11. The number of thiocarbonyl (C=S) groups is 1. The number of hydrogen-bond acceptors (Lipinski definition) is 2. The van der Waals surface area contributed by atoms with Gasteiger partial charge in [0.15, 0.2) is 0 Å². The Balaban J connectivity index is 0. The van der Waals surface area contributed by atoms with E-state index in [0.717, 1.165) is 19.6 Å². The second-order valence-electron chi connectivity index (χ2n) is 1.58. The SMILES string of the molecule is COCCCNC(=S)S.[Zn]. The third-order valence-corrected chi connectivity index (χ3v) is 1.10. The van der Waals surface area contributed by atoms with E-state index in [0.29, 0.717) is 4.32 Å². The molecule has 0 fully saturated rings. The summed E-state index contributed by atoms with van der Waals surface area (Å²) in [5, 5.41) is 2.90. The first-order chi connectivity index (χ1) is 4.27. The number of nitrogens with one attached hydrogen (secondary N) is 1. The first-order valence-electron chi connectivity index (χ1n) is 2.73. The Morgan fingerprint density at radius 3 is 2.70 bits per heavy atom. The summed E-state index contributed by atoms with van der Waals surface area (Å²) in [4.78, 5) is 0. The maximum atomic E-state index is 4.82. The van der Waals surface area contributed by atoms with Gasteiger partial charge in [-0.25, -0.2) is 0 Å². The van der Waals surface area contributed by atoms with Gasteiger partial charge >= 0.3 is 0 Å². The van der Waals surface area contributed by atoms with Crippen LogP contribution in [0.25, 0.3) is 0 Å². The first kappa shape index (κ1) is 13.4. The van der Waals surface area contributed by atoms with Crippen molar-refractivity contribution in [1.29, 1.82) is 0 Å². The van der Waals surface area contributed by atoms with Crippen molar-refractivity contribution in [2.75, 3.05) is 20.3 Å². The summed E-state index contributed by atoms with van der Waals surface area (Å²) in [6, 6.07) is 0. The van der Waals surface area contributed by atoms with Crippen LogP contribution in [0.15, 0.2) is 0 Å². The molecule has 56 valence electrons. The van der Waals surface area contributed by atoms with Gasteiger partial charge < -0.3 is 10.1 Å². The van der Waals surface area contributed by atoms with Gasteiger partial charge in [0.2, 0.25) is 0 Å². The van der Waals surface area contributed by atoms with Crippen molar-refractivity contribution in [1.82, 2.24) is 5.32 Å². The van der Waals surface area contributed by atoms with E-state index in [4.69, 9.17) is 4.74 Å². The normalized spacial score (nSPS) is 8.20. The molecule has 0 spiro atoms. The number of thiol groups is 1. The van der Waals surface area contributed by atoms with Gasteiger partial charge in [-0.05, 0) is 6.42 Å². The van der Waals surface area contributed by atoms with E-state index in [1.807, 2.05) is 0 Å². The van der Waals surface area contributed by atoms with Crippen molar-refractivity contribution < 1.29 is 24.2 Å². The predicted molar refractivity (Wildman–Crippen MR) is 46.1 cm³/mol. The van der Waals surface area contributed by atoms with Crippen LogP contribution in [0, 0.1) is 0 Å². The van der Waals surface area contributed by atoms with Crippen LogP contribution in [0.1, 0.15) is 6.42 Å². The summed E-state index contributed by atoms with van der Waals surface area (Å²) in [5.41, 5.74) is 0. The third kappa shape index (κ3) is 11.6. The van der Waals surface area contributed by atoms with Gasteiger partial charge in [0.1, 0.15) is 4.32 Å². The van der Waals surface area contributed by atoms with E-state index in [1.165, 1.54) is 0 Å². The Labute approximate surface area is 85.3 Å². The minimum atomic E-state index is 0. The predicted octanol–water partition coefficient (Wildman–Crippen LogP) is 0.825. The molecule has 0 radical (unpaired) electrons. The fourth-order valence-electron chi connectivity index (χ4n) is 0.412. The van der Waals surface area contributed by atoms with Gasteiger partial charge in [-0.2, -0.15) is 0 Å². The number of ether oxygens (including phenoxy) is 1. The van der Waals surface area contributed by atoms with Crippen LogP contribution in [0.5, 0.6) is 0 Å². The van der Waals surface area contributed by atoms with Crippen molar-refractivity contribution >= 4 is 29.2 Å². The first-order valence-corrected chi connectivity index (χ1v) is 3.58. The molecule has 0 aliphatic heterocycles. The van der Waals surface area contributed by atoms with Crippen molar-refractivity contribution in [3.63, 3.8) is 0 Å². The van der Waals surface area contributed by atoms with Crippen LogP contribution in [0.4, 0.5) is 0 Å². The number of methoxy groups -OCH3 is 1. The van der Waals surface area contributed by atoms with Crippen molar-refractivity contribution in [3.8, 4) is 0 Å². The molecule has 1 N–H and O–H groups in total. The zero-order valence-electron chi connectivity index (χ0n) is 6.09. The summed E-state index contributed by atoms with van der Waals surface area (Å²) in [5.74, 6) is 0. The second kappa shape index (κ2) is 9.82. The fourth-order valence-corrected chi connectivity index (χ4v) is 0.626. The van der Waals surface area contributed by atoms with Crippen molar-refractivity contribution in [2.45, 2.75) is 6.42 Å². The van der Waals surface area contributed by atoms with Gasteiger partial charge in [-0.1, -0.05) is 12.2 Å². The van der Waals surface area contributed by atoms with Crippen molar-refractivity contribution in [2.24, 2.45) is 0 Å². The molecule has 0 atom stereocenters. The van der Waals surface area contributed by atoms with Crippen LogP contribution in [-0.4, -0.2) is 24.6 Å². The molecule has 0 amide bonds. The molecule has 0 bridgehead atoms. The smallest absolute Gasteiger partial charge is 0.130 e. The van der Waals surface area contributed by atoms with Gasteiger partial charge in [0.05, 0.1) is 0 Å². The third-order valence-electron chi connectivity index (χ3n) is 0.801. The summed E-state index contributed by atoms with van der Waals surface area (Å²) < 4.78 is 5.36. The van der Waals surface area contributed by atoms with E-state index in [1.54, 1.807) is 7.11 Å². The molecule has 0 unspecified atom stereocenters. The molecular formula is C5H11NOS2Zn. The van der Waals surface area contributed by atoms with Crippen LogP contribution in [0.3, 0.4) is 0 Å². The largest absolute Gasteiger partial charge is 0.385 e. The van der Waals surface area contributed by atoms with Crippen LogP contribution < -0.4 is 5.32 Å². The quantitative estimate of drug-likeness (QED) is 0.323. The van der Waals surface area contributed by atoms with Gasteiger partial charge in [0.25, 0.3) is 0 Å². The Bertz CT molecular complexity index is 91.7. The summed E-state index contributed by atoms with van der Waals surface area (Å²) >= 11 is 8.54. The van der Waals surface area contributed by atoms with E-state index in [-0.39, 0.29) is 19.5 Å². The second-order valence-corrected chi connectivity index (χ2v) is 2.74. The van der Waals surface area contributed by atoms with Crippen LogP contribution >= 0.6 is 24.8 Å². The average molecular weight is 231 g/mol. The van der Waals surface area contributed by atoms with Gasteiger partial charge in [-0.15, -0.1) is 12.6 Å². The van der Waals surface area contributed by atoms with Crippen molar-refractivity contribution in [3.05, 3.63) is 0 Å². The molecule has 0 heterocycles. The maximum Gasteiger partial charge on any atom is 0.130 e. The molecule has 0 aliphatic carbocycles. The number of rotatable bonds is 4. The molecule has 2 nitrogen and oxygen atoms in total. The fraction of sp³-hybridized carbons (Fsp3) is 0.800. The molecule has 0 aromatic heterocycles. The maximum absolute atomic E-state index is 4.82. The summed E-state index contributed by atoms with van der Waals surface area (Å²) in [6.07, 6.45) is 0.969. The number of hydrogen-bond donors (Lipinski definition) is 2. The monoisotopic (exact) mass is 229 g/mol. The minimum absolute atomic E-state index is 0. The van der Waals surface area contributed by atoms with E-state index in [2.05, 4.69) is 30.2 Å². The topological polar surface area (TPSA) is 21.3 Å².